The summed E-state index contributed by atoms with van der Waals surface area (Å²) in [6, 6.07) is 12.1. The van der Waals surface area contributed by atoms with Crippen molar-refractivity contribution < 1.29 is 17.9 Å². The highest BCUT2D eigenvalue weighted by molar-refractivity contribution is 7.89. The minimum atomic E-state index is -3.62. The fourth-order valence-corrected chi connectivity index (χ4v) is 6.72. The maximum Gasteiger partial charge on any atom is 0.260 e. The van der Waals surface area contributed by atoms with Crippen LogP contribution in [0.4, 0.5) is 5.13 Å². The van der Waals surface area contributed by atoms with Crippen molar-refractivity contribution in [3.8, 4) is 5.75 Å². The van der Waals surface area contributed by atoms with Crippen LogP contribution in [0.15, 0.2) is 47.4 Å². The molecule has 1 aromatic heterocycles. The van der Waals surface area contributed by atoms with Crippen molar-refractivity contribution in [2.45, 2.75) is 52.4 Å². The van der Waals surface area contributed by atoms with E-state index in [2.05, 4.69) is 18.7 Å². The number of amides is 1. The summed E-state index contributed by atoms with van der Waals surface area (Å²) in [5, 5.41) is 0.595. The smallest absolute Gasteiger partial charge is 0.260 e. The fourth-order valence-electron chi connectivity index (χ4n) is 4.22. The third-order valence-corrected chi connectivity index (χ3v) is 9.57. The molecule has 0 radical (unpaired) electrons. The van der Waals surface area contributed by atoms with Gasteiger partial charge in [0.2, 0.25) is 10.0 Å². The molecule has 1 amide bonds. The van der Waals surface area contributed by atoms with Gasteiger partial charge in [0.1, 0.15) is 11.3 Å². The first-order chi connectivity index (χ1) is 18.3. The number of likely N-dealkylation sites (N-methyl/N-ethyl adjacent to an activating group) is 1. The number of benzene rings is 2. The lowest BCUT2D eigenvalue weighted by Crippen LogP contribution is -2.39. The van der Waals surface area contributed by atoms with Crippen LogP contribution in [0.2, 0.25) is 0 Å². The number of rotatable bonds is 15. The third kappa shape index (κ3) is 7.91. The summed E-state index contributed by atoms with van der Waals surface area (Å²) in [5.41, 5.74) is 1.16. The SMILES string of the molecule is CCCCN(CC)S(=O)(=O)c1ccc(C(=O)N(CCN(CC)CC)c2nc3c(OCC)cccc3s2)cc1.Cl. The van der Waals surface area contributed by atoms with Crippen LogP contribution in [0.5, 0.6) is 5.75 Å². The summed E-state index contributed by atoms with van der Waals surface area (Å²) < 4.78 is 34.5. The van der Waals surface area contributed by atoms with Gasteiger partial charge in [-0.2, -0.15) is 4.31 Å². The maximum absolute atomic E-state index is 13.8. The van der Waals surface area contributed by atoms with Gasteiger partial charge in [0.25, 0.3) is 5.91 Å². The van der Waals surface area contributed by atoms with E-state index in [4.69, 9.17) is 9.72 Å². The van der Waals surface area contributed by atoms with Gasteiger partial charge in [0, 0.05) is 31.7 Å². The number of aromatic nitrogens is 1. The number of halogens is 1. The Labute approximate surface area is 243 Å². The quantitative estimate of drug-likeness (QED) is 0.217. The number of carbonyl (C=O) groups is 1. The van der Waals surface area contributed by atoms with Gasteiger partial charge in [0.05, 0.1) is 16.2 Å². The minimum absolute atomic E-state index is 0. The van der Waals surface area contributed by atoms with Gasteiger partial charge < -0.3 is 9.64 Å². The van der Waals surface area contributed by atoms with E-state index in [1.54, 1.807) is 17.0 Å². The number of hydrogen-bond acceptors (Lipinski definition) is 7. The van der Waals surface area contributed by atoms with E-state index in [0.29, 0.717) is 49.2 Å². The normalized spacial score (nSPS) is 11.7. The Morgan fingerprint density at radius 1 is 0.923 bits per heavy atom. The number of sulfonamides is 1. The molecule has 216 valence electrons. The van der Waals surface area contributed by atoms with Gasteiger partial charge in [-0.05, 0) is 62.8 Å². The van der Waals surface area contributed by atoms with Gasteiger partial charge in [-0.3, -0.25) is 9.69 Å². The lowest BCUT2D eigenvalue weighted by Gasteiger charge is -2.25. The van der Waals surface area contributed by atoms with E-state index in [1.807, 2.05) is 39.0 Å². The predicted octanol–water partition coefficient (Wildman–Crippen LogP) is 5.92. The Morgan fingerprint density at radius 2 is 1.62 bits per heavy atom. The first kappa shape index (κ1) is 33.0. The Kier molecular flexibility index (Phi) is 13.1. The van der Waals surface area contributed by atoms with Gasteiger partial charge >= 0.3 is 0 Å². The molecule has 8 nitrogen and oxygen atoms in total. The van der Waals surface area contributed by atoms with E-state index in [1.165, 1.54) is 27.8 Å². The second-order valence-electron chi connectivity index (χ2n) is 8.89. The summed E-state index contributed by atoms with van der Waals surface area (Å²) in [6.07, 6.45) is 1.72. The third-order valence-electron chi connectivity index (χ3n) is 6.53. The highest BCUT2D eigenvalue weighted by Crippen LogP contribution is 2.35. The molecular formula is C28H41ClN4O4S2. The number of hydrogen-bond donors (Lipinski definition) is 0. The molecular weight excluding hydrogens is 556 g/mol. The number of para-hydroxylation sites is 1. The van der Waals surface area contributed by atoms with E-state index in [0.717, 1.165) is 36.1 Å². The number of nitrogens with zero attached hydrogens (tertiary/aromatic N) is 4. The molecule has 0 unspecified atom stereocenters. The minimum Gasteiger partial charge on any atom is -0.492 e. The lowest BCUT2D eigenvalue weighted by molar-refractivity contribution is 0.0983. The predicted molar refractivity (Wildman–Crippen MR) is 163 cm³/mol. The van der Waals surface area contributed by atoms with Crippen LogP contribution in [-0.2, 0) is 10.0 Å². The van der Waals surface area contributed by atoms with Crippen LogP contribution in [0.25, 0.3) is 10.2 Å². The van der Waals surface area contributed by atoms with E-state index in [9.17, 15) is 13.2 Å². The van der Waals surface area contributed by atoms with E-state index >= 15 is 0 Å². The van der Waals surface area contributed by atoms with Crippen molar-refractivity contribution >= 4 is 55.0 Å². The molecule has 0 N–H and O–H groups in total. The van der Waals surface area contributed by atoms with Gasteiger partial charge in [-0.15, -0.1) is 12.4 Å². The first-order valence-electron chi connectivity index (χ1n) is 13.5. The fraction of sp³-hybridized carbons (Fsp3) is 0.500. The molecule has 0 saturated carbocycles. The average molecular weight is 597 g/mol. The van der Waals surface area contributed by atoms with Crippen LogP contribution in [0.3, 0.4) is 0 Å². The molecule has 0 atom stereocenters. The zero-order valence-corrected chi connectivity index (χ0v) is 26.0. The topological polar surface area (TPSA) is 83.1 Å². The summed E-state index contributed by atoms with van der Waals surface area (Å²) in [6.45, 7) is 14.3. The van der Waals surface area contributed by atoms with Crippen LogP contribution >= 0.6 is 23.7 Å². The Hall–Kier alpha value is -2.24. The Bertz CT molecular complexity index is 1290. The first-order valence-corrected chi connectivity index (χ1v) is 15.7. The highest BCUT2D eigenvalue weighted by Gasteiger charge is 2.25. The second kappa shape index (κ2) is 15.5. The Morgan fingerprint density at radius 3 is 2.21 bits per heavy atom. The molecule has 0 aliphatic rings. The van der Waals surface area contributed by atoms with Crippen molar-refractivity contribution in [3.63, 3.8) is 0 Å². The molecule has 0 fully saturated rings. The number of thiazole rings is 1. The maximum atomic E-state index is 13.8. The van der Waals surface area contributed by atoms with Crippen LogP contribution in [0, 0.1) is 0 Å². The van der Waals surface area contributed by atoms with E-state index in [-0.39, 0.29) is 23.2 Å². The number of ether oxygens (including phenoxy) is 1. The summed E-state index contributed by atoms with van der Waals surface area (Å²) in [7, 11) is -3.62. The van der Waals surface area contributed by atoms with Gasteiger partial charge in [-0.25, -0.2) is 13.4 Å². The summed E-state index contributed by atoms with van der Waals surface area (Å²) in [5.74, 6) is 0.484. The van der Waals surface area contributed by atoms with Crippen molar-refractivity contribution in [2.24, 2.45) is 0 Å². The molecule has 1 heterocycles. The van der Waals surface area contributed by atoms with E-state index < -0.39 is 10.0 Å². The molecule has 0 aliphatic heterocycles. The molecule has 0 aliphatic carbocycles. The molecule has 3 rings (SSSR count). The summed E-state index contributed by atoms with van der Waals surface area (Å²) in [4.78, 5) is 22.8. The zero-order valence-electron chi connectivity index (χ0n) is 23.6. The van der Waals surface area contributed by atoms with Crippen LogP contribution < -0.4 is 9.64 Å². The lowest BCUT2D eigenvalue weighted by atomic mass is 10.2. The molecule has 0 spiro atoms. The number of anilines is 1. The standard InChI is InChI=1S/C28H40N4O4S2.ClH/c1-6-11-19-31(9-4)38(34,35)23-17-15-22(16-18-23)27(33)32(21-20-30(7-2)8-3)28-29-26-24(36-10-5)13-12-14-25(26)37-28;/h12-18H,6-11,19-21H2,1-5H3;1H. The second-order valence-corrected chi connectivity index (χ2v) is 11.8. The number of carbonyl (C=O) groups excluding carboxylic acids is 1. The van der Waals surface area contributed by atoms with Crippen LogP contribution in [-0.4, -0.2) is 74.4 Å². The largest absolute Gasteiger partial charge is 0.492 e. The molecule has 11 heteroatoms. The zero-order chi connectivity index (χ0) is 27.7. The molecule has 39 heavy (non-hydrogen) atoms. The average Bonchev–Trinajstić information content (AvgIpc) is 3.36. The molecule has 0 saturated heterocycles. The number of fused-ring (bicyclic) bond motifs is 1. The molecule has 3 aromatic rings. The highest BCUT2D eigenvalue weighted by atomic mass is 35.5. The molecule has 0 bridgehead atoms. The monoisotopic (exact) mass is 596 g/mol. The summed E-state index contributed by atoms with van der Waals surface area (Å²) >= 11 is 1.45. The van der Waals surface area contributed by atoms with Crippen molar-refractivity contribution in [1.82, 2.24) is 14.2 Å². The van der Waals surface area contributed by atoms with Gasteiger partial charge in [-0.1, -0.05) is 51.5 Å². The van der Waals surface area contributed by atoms with Crippen molar-refractivity contribution in [1.29, 1.82) is 0 Å². The Balaban J connectivity index is 0.00000533. The van der Waals surface area contributed by atoms with Crippen LogP contribution in [0.1, 0.15) is 57.8 Å². The number of unbranched alkanes of at least 4 members (excludes halogenated alkanes) is 1. The van der Waals surface area contributed by atoms with Crippen molar-refractivity contribution in [2.75, 3.05) is 50.8 Å². The van der Waals surface area contributed by atoms with Gasteiger partial charge in [0.15, 0.2) is 5.13 Å². The molecule has 2 aromatic carbocycles. The van der Waals surface area contributed by atoms with Crippen molar-refractivity contribution in [3.05, 3.63) is 48.0 Å².